The molecule has 0 nitrogen and oxygen atoms in total. The van der Waals surface area contributed by atoms with Gasteiger partial charge in [0.1, 0.15) is 0 Å². The molecule has 6 rings (SSSR count). The predicted octanol–water partition coefficient (Wildman–Crippen LogP) is 14.5. The van der Waals surface area contributed by atoms with E-state index in [0.717, 1.165) is 0 Å². The molecule has 0 heterocycles. The van der Waals surface area contributed by atoms with Crippen molar-refractivity contribution in [2.45, 2.75) is 100 Å². The third-order valence-electron chi connectivity index (χ3n) is 11.7. The molecule has 0 bridgehead atoms. The molecule has 4 heteroatoms. The third kappa shape index (κ3) is 6.07. The van der Waals surface area contributed by atoms with Gasteiger partial charge in [0.25, 0.3) is 0 Å². The van der Waals surface area contributed by atoms with Crippen molar-refractivity contribution in [1.29, 1.82) is 0 Å². The molecule has 2 aliphatic rings. The molecule has 0 spiro atoms. The second-order valence-electron chi connectivity index (χ2n) is 18.1. The van der Waals surface area contributed by atoms with Gasteiger partial charge in [0.05, 0.1) is 0 Å². The summed E-state index contributed by atoms with van der Waals surface area (Å²) in [6.45, 7) is 28.4. The molecule has 0 aliphatic heterocycles. The number of hydrogen-bond acceptors (Lipinski definition) is 0. The molecule has 2 unspecified atom stereocenters. The van der Waals surface area contributed by atoms with Crippen LogP contribution in [0.2, 0.25) is 13.1 Å². The predicted molar refractivity (Wildman–Crippen MR) is 223 cm³/mol. The van der Waals surface area contributed by atoms with Crippen LogP contribution in [0.5, 0.6) is 0 Å². The van der Waals surface area contributed by atoms with E-state index in [0.29, 0.717) is 11.8 Å². The van der Waals surface area contributed by atoms with Gasteiger partial charge in [0.2, 0.25) is 0 Å². The molecule has 0 saturated carbocycles. The zero-order valence-corrected chi connectivity index (χ0v) is 37.5. The first-order valence-corrected chi connectivity index (χ1v) is 35.1. The summed E-state index contributed by atoms with van der Waals surface area (Å²) in [5.41, 5.74) is 16.2. The standard InChI is InChI=1S/2C22H25.C2H7Si.2ClH.Zr/c2*1-15(2)18-13-17-11-12-20(22(3,4)5)21(19(17)14-18)16-9-7-6-8-10-16;1-3-2;;;/h2*6-15H,1-5H3;3H,1-2H3;2*1H;/q;;;;;+2/p-2. The average molecular weight is 800 g/mol. The van der Waals surface area contributed by atoms with Crippen LogP contribution in [0.15, 0.2) is 96.1 Å². The molecule has 2 atom stereocenters. The third-order valence-corrected chi connectivity index (χ3v) is 63.4. The second kappa shape index (κ2) is 13.2. The van der Waals surface area contributed by atoms with Crippen molar-refractivity contribution < 1.29 is 15.6 Å². The Kier molecular flexibility index (Phi) is 9.95. The summed E-state index contributed by atoms with van der Waals surface area (Å²) < 4.78 is 0.108. The van der Waals surface area contributed by atoms with Gasteiger partial charge in [-0.25, -0.2) is 0 Å². The molecule has 0 radical (unpaired) electrons. The van der Waals surface area contributed by atoms with Crippen molar-refractivity contribution >= 4 is 35.1 Å². The summed E-state index contributed by atoms with van der Waals surface area (Å²) in [5.74, 6) is -1.07. The summed E-state index contributed by atoms with van der Waals surface area (Å²) >= 11 is -4.99. The maximum absolute atomic E-state index is 8.89. The number of rotatable bonds is 7. The number of halogens is 2. The molecule has 0 amide bonds. The maximum atomic E-state index is 8.89. The molecule has 0 saturated heterocycles. The summed E-state index contributed by atoms with van der Waals surface area (Å²) in [6, 6.07) is 31.7. The quantitative estimate of drug-likeness (QED) is 0.163. The van der Waals surface area contributed by atoms with Crippen LogP contribution in [0.3, 0.4) is 0 Å². The fourth-order valence-corrected chi connectivity index (χ4v) is 40.6. The van der Waals surface area contributed by atoms with Crippen molar-refractivity contribution in [2.75, 3.05) is 0 Å². The van der Waals surface area contributed by atoms with E-state index in [1.54, 1.807) is 0 Å². The van der Waals surface area contributed by atoms with Gasteiger partial charge in [-0.3, -0.25) is 0 Å². The molecule has 4 aromatic rings. The van der Waals surface area contributed by atoms with E-state index in [-0.39, 0.29) is 18.1 Å². The van der Waals surface area contributed by atoms with E-state index >= 15 is 0 Å². The number of fused-ring (bicyclic) bond motifs is 2. The van der Waals surface area contributed by atoms with Gasteiger partial charge in [-0.1, -0.05) is 0 Å². The summed E-state index contributed by atoms with van der Waals surface area (Å²) in [5, 5.41) is 0. The van der Waals surface area contributed by atoms with Crippen LogP contribution in [0, 0.1) is 11.8 Å². The van der Waals surface area contributed by atoms with Crippen LogP contribution in [-0.2, 0) is 26.4 Å². The van der Waals surface area contributed by atoms with Crippen molar-refractivity contribution in [1.82, 2.24) is 0 Å². The van der Waals surface area contributed by atoms with Crippen molar-refractivity contribution in [3.8, 4) is 22.3 Å². The second-order valence-corrected chi connectivity index (χ2v) is 60.6. The topological polar surface area (TPSA) is 0 Å². The molecule has 4 aromatic carbocycles. The summed E-state index contributed by atoms with van der Waals surface area (Å²) in [4.78, 5) is 0. The first-order chi connectivity index (χ1) is 23.3. The van der Waals surface area contributed by atoms with Gasteiger partial charge in [-0.15, -0.1) is 0 Å². The van der Waals surface area contributed by atoms with Gasteiger partial charge in [-0.05, 0) is 0 Å². The SMILES string of the molecule is CC(C)C1=Cc2c(ccc(C(C)(C)C)c2-c2ccccc2)[CH]1[Zr]([Cl])([Cl])([CH]1C(C(C)C)=Cc2c1ccc(C(C)(C)C)c2-c1ccccc1)[SiH](C)C. The molecule has 50 heavy (non-hydrogen) atoms. The minimum absolute atomic E-state index is 0.0204. The number of allylic oxidation sites excluding steroid dienone is 2. The average Bonchev–Trinajstić information content (AvgIpc) is 3.65. The van der Waals surface area contributed by atoms with E-state index in [9.17, 15) is 0 Å². The first-order valence-electron chi connectivity index (χ1n) is 18.7. The Bertz CT molecular complexity index is 1850. The molecular weight excluding hydrogens is 743 g/mol. The molecular formula is C46H57Cl2SiZr. The van der Waals surface area contributed by atoms with Crippen LogP contribution < -0.4 is 0 Å². The van der Waals surface area contributed by atoms with Gasteiger partial charge in [-0.2, -0.15) is 0 Å². The molecule has 0 fully saturated rings. The van der Waals surface area contributed by atoms with E-state index < -0.39 is 21.5 Å². The Labute approximate surface area is 312 Å². The van der Waals surface area contributed by atoms with Gasteiger partial charge in [0, 0.05) is 0 Å². The first kappa shape index (κ1) is 37.8. The van der Waals surface area contributed by atoms with Crippen molar-refractivity contribution in [3.63, 3.8) is 0 Å². The van der Waals surface area contributed by atoms with Crippen LogP contribution in [0.4, 0.5) is 0 Å². The Morgan fingerprint density at radius 1 is 0.540 bits per heavy atom. The fourth-order valence-electron chi connectivity index (χ4n) is 9.09. The Balaban J connectivity index is 1.70. The van der Waals surface area contributed by atoms with Crippen molar-refractivity contribution in [2.24, 2.45) is 11.8 Å². The molecule has 0 aromatic heterocycles. The number of hydrogen-bond donors (Lipinski definition) is 0. The monoisotopic (exact) mass is 797 g/mol. The van der Waals surface area contributed by atoms with Gasteiger partial charge < -0.3 is 0 Å². The van der Waals surface area contributed by atoms with E-state index in [1.807, 2.05) is 0 Å². The Morgan fingerprint density at radius 3 is 1.16 bits per heavy atom. The van der Waals surface area contributed by atoms with Crippen LogP contribution >= 0.6 is 17.0 Å². The zero-order valence-electron chi connectivity index (χ0n) is 32.4. The Morgan fingerprint density at radius 2 is 0.880 bits per heavy atom. The van der Waals surface area contributed by atoms with E-state index in [4.69, 9.17) is 17.0 Å². The minimum atomic E-state index is -4.99. The van der Waals surface area contributed by atoms with Gasteiger partial charge in [0.15, 0.2) is 0 Å². The van der Waals surface area contributed by atoms with Crippen LogP contribution in [-0.4, -0.2) is 5.92 Å². The fraction of sp³-hybridized carbons (Fsp3) is 0.391. The van der Waals surface area contributed by atoms with Crippen LogP contribution in [0.1, 0.15) is 110 Å². The van der Waals surface area contributed by atoms with E-state index in [1.165, 1.54) is 66.8 Å². The zero-order chi connectivity index (χ0) is 36.6. The summed E-state index contributed by atoms with van der Waals surface area (Å²) in [6.07, 6.45) is 5.06. The van der Waals surface area contributed by atoms with Gasteiger partial charge >= 0.3 is 315 Å². The van der Waals surface area contributed by atoms with Crippen molar-refractivity contribution in [3.05, 3.63) is 129 Å². The number of benzene rings is 4. The molecule has 0 N–H and O–H groups in total. The summed E-state index contributed by atoms with van der Waals surface area (Å²) in [7, 11) is 17.8. The molecule has 2 aliphatic carbocycles. The van der Waals surface area contributed by atoms with Crippen LogP contribution in [0.25, 0.3) is 34.4 Å². The molecule has 263 valence electrons. The van der Waals surface area contributed by atoms with E-state index in [2.05, 4.69) is 179 Å². The Hall–Kier alpha value is -1.96. The normalized spacial score (nSPS) is 18.6.